The van der Waals surface area contributed by atoms with E-state index in [0.29, 0.717) is 30.8 Å². The summed E-state index contributed by atoms with van der Waals surface area (Å²) >= 11 is 0. The maximum atomic E-state index is 13.3. The number of hydrogen-bond donors (Lipinski definition) is 0. The summed E-state index contributed by atoms with van der Waals surface area (Å²) in [6.45, 7) is 6.26. The van der Waals surface area contributed by atoms with Crippen LogP contribution < -0.4 is 14.5 Å². The highest BCUT2D eigenvalue weighted by Gasteiger charge is 2.37. The number of carbonyl (C=O) groups excluding carboxylic acids is 2. The van der Waals surface area contributed by atoms with E-state index in [9.17, 15) is 9.59 Å². The Morgan fingerprint density at radius 3 is 2.58 bits per heavy atom. The number of para-hydroxylation sites is 2. The molecule has 7 heteroatoms. The van der Waals surface area contributed by atoms with Crippen molar-refractivity contribution in [3.05, 3.63) is 53.6 Å². The van der Waals surface area contributed by atoms with E-state index in [0.717, 1.165) is 56.0 Å². The van der Waals surface area contributed by atoms with Crippen molar-refractivity contribution in [2.45, 2.75) is 32.4 Å². The highest BCUT2D eigenvalue weighted by Crippen LogP contribution is 2.35. The number of fused-ring (bicyclic) bond motifs is 2. The van der Waals surface area contributed by atoms with E-state index >= 15 is 0 Å². The first-order chi connectivity index (χ1) is 16.1. The van der Waals surface area contributed by atoms with Gasteiger partial charge in [-0.3, -0.25) is 9.59 Å². The first-order valence-electron chi connectivity index (χ1n) is 12.0. The monoisotopic (exact) mass is 448 g/mol. The third-order valence-electron chi connectivity index (χ3n) is 7.11. The molecule has 174 valence electrons. The van der Waals surface area contributed by atoms with Crippen LogP contribution in [0.4, 0.5) is 11.4 Å². The minimum Gasteiger partial charge on any atom is -0.492 e. The number of amides is 2. The van der Waals surface area contributed by atoms with E-state index in [1.54, 1.807) is 0 Å². The number of piperidine rings is 1. The Bertz CT molecular complexity index is 1050. The number of hydrogen-bond acceptors (Lipinski definition) is 5. The van der Waals surface area contributed by atoms with E-state index in [1.165, 1.54) is 0 Å². The van der Waals surface area contributed by atoms with Crippen LogP contribution in [0.25, 0.3) is 0 Å². The van der Waals surface area contributed by atoms with Crippen LogP contribution in [0.3, 0.4) is 0 Å². The molecule has 0 saturated carbocycles. The van der Waals surface area contributed by atoms with Crippen molar-refractivity contribution in [2.75, 3.05) is 56.2 Å². The van der Waals surface area contributed by atoms with Crippen molar-refractivity contribution in [3.63, 3.8) is 0 Å². The van der Waals surface area contributed by atoms with E-state index in [4.69, 9.17) is 4.74 Å². The van der Waals surface area contributed by atoms with Crippen LogP contribution in [0.2, 0.25) is 0 Å². The van der Waals surface area contributed by atoms with Crippen molar-refractivity contribution in [1.29, 1.82) is 0 Å². The van der Waals surface area contributed by atoms with Crippen molar-refractivity contribution >= 4 is 23.2 Å². The van der Waals surface area contributed by atoms with Crippen LogP contribution in [0, 0.1) is 0 Å². The van der Waals surface area contributed by atoms with Gasteiger partial charge in [0.2, 0.25) is 0 Å². The van der Waals surface area contributed by atoms with Crippen LogP contribution in [0.1, 0.15) is 46.9 Å². The Kier molecular flexibility index (Phi) is 5.87. The predicted molar refractivity (Wildman–Crippen MR) is 129 cm³/mol. The normalized spacial score (nSPS) is 20.4. The van der Waals surface area contributed by atoms with Crippen LogP contribution >= 0.6 is 0 Å². The van der Waals surface area contributed by atoms with Crippen LogP contribution in [-0.4, -0.2) is 74.2 Å². The first kappa shape index (κ1) is 21.6. The fraction of sp³-hybridized carbons (Fsp3) is 0.462. The van der Waals surface area contributed by atoms with Gasteiger partial charge in [-0.15, -0.1) is 0 Å². The molecular weight excluding hydrogens is 416 g/mol. The number of benzene rings is 2. The standard InChI is InChI=1S/C26H32N4O3/c1-3-33-23-9-5-4-8-21(23)28-14-16-29(17-15-28)25(31)19-11-12-20-22(18-19)27(2)24-10-6-7-13-30(24)26(20)32/h4-5,8-9,11-12,18,24H,3,6-7,10,13-17H2,1-2H3. The Morgan fingerprint density at radius 2 is 1.79 bits per heavy atom. The molecule has 0 radical (unpaired) electrons. The fourth-order valence-corrected chi connectivity index (χ4v) is 5.34. The number of ether oxygens (including phenoxy) is 1. The van der Waals surface area contributed by atoms with Gasteiger partial charge in [0, 0.05) is 45.3 Å². The average molecular weight is 449 g/mol. The molecule has 5 rings (SSSR count). The van der Waals surface area contributed by atoms with Gasteiger partial charge in [-0.05, 0) is 56.5 Å². The molecule has 3 heterocycles. The Hall–Kier alpha value is -3.22. The topological polar surface area (TPSA) is 56.3 Å². The van der Waals surface area contributed by atoms with Gasteiger partial charge < -0.3 is 24.3 Å². The minimum atomic E-state index is 0.0301. The maximum Gasteiger partial charge on any atom is 0.257 e. The van der Waals surface area contributed by atoms with Gasteiger partial charge in [0.05, 0.1) is 23.5 Å². The molecule has 0 aliphatic carbocycles. The summed E-state index contributed by atoms with van der Waals surface area (Å²) < 4.78 is 5.79. The van der Waals surface area contributed by atoms with Crippen molar-refractivity contribution in [3.8, 4) is 5.75 Å². The zero-order chi connectivity index (χ0) is 22.9. The molecule has 3 aliphatic heterocycles. The number of anilines is 2. The van der Waals surface area contributed by atoms with Crippen LogP contribution in [0.15, 0.2) is 42.5 Å². The summed E-state index contributed by atoms with van der Waals surface area (Å²) in [5, 5.41) is 0. The summed E-state index contributed by atoms with van der Waals surface area (Å²) in [4.78, 5) is 34.7. The molecule has 2 fully saturated rings. The lowest BCUT2D eigenvalue weighted by atomic mass is 9.97. The number of piperazine rings is 1. The first-order valence-corrected chi connectivity index (χ1v) is 12.0. The summed E-state index contributed by atoms with van der Waals surface area (Å²) in [5.41, 5.74) is 3.31. The summed E-state index contributed by atoms with van der Waals surface area (Å²) in [6.07, 6.45) is 3.26. The van der Waals surface area contributed by atoms with E-state index in [-0.39, 0.29) is 18.0 Å². The zero-order valence-electron chi connectivity index (χ0n) is 19.5. The smallest absolute Gasteiger partial charge is 0.257 e. The second kappa shape index (κ2) is 8.96. The predicted octanol–water partition coefficient (Wildman–Crippen LogP) is 3.45. The van der Waals surface area contributed by atoms with E-state index < -0.39 is 0 Å². The lowest BCUT2D eigenvalue weighted by molar-refractivity contribution is 0.0588. The quantitative estimate of drug-likeness (QED) is 0.717. The summed E-state index contributed by atoms with van der Waals surface area (Å²) in [6, 6.07) is 13.6. The van der Waals surface area contributed by atoms with Crippen molar-refractivity contribution < 1.29 is 14.3 Å². The third-order valence-corrected chi connectivity index (χ3v) is 7.11. The van der Waals surface area contributed by atoms with Gasteiger partial charge in [-0.1, -0.05) is 12.1 Å². The fourth-order valence-electron chi connectivity index (χ4n) is 5.34. The molecular formula is C26H32N4O3. The summed E-state index contributed by atoms with van der Waals surface area (Å²) in [7, 11) is 2.04. The molecule has 2 aromatic rings. The third kappa shape index (κ3) is 3.90. The van der Waals surface area contributed by atoms with Gasteiger partial charge >= 0.3 is 0 Å². The molecule has 0 spiro atoms. The van der Waals surface area contributed by atoms with Gasteiger partial charge in [0.15, 0.2) is 0 Å². The highest BCUT2D eigenvalue weighted by molar-refractivity contribution is 6.04. The molecule has 7 nitrogen and oxygen atoms in total. The van der Waals surface area contributed by atoms with Gasteiger partial charge in [0.1, 0.15) is 11.9 Å². The molecule has 2 aromatic carbocycles. The van der Waals surface area contributed by atoms with Gasteiger partial charge in [-0.2, -0.15) is 0 Å². The van der Waals surface area contributed by atoms with Gasteiger partial charge in [0.25, 0.3) is 11.8 Å². The Balaban J connectivity index is 1.31. The van der Waals surface area contributed by atoms with E-state index in [1.807, 2.05) is 60.2 Å². The molecule has 1 unspecified atom stereocenters. The highest BCUT2D eigenvalue weighted by atomic mass is 16.5. The molecule has 2 amide bonds. The number of carbonyl (C=O) groups is 2. The molecule has 2 saturated heterocycles. The van der Waals surface area contributed by atoms with E-state index in [2.05, 4.69) is 15.9 Å². The number of rotatable bonds is 4. The number of nitrogens with zero attached hydrogens (tertiary/aromatic N) is 4. The van der Waals surface area contributed by atoms with Crippen LogP contribution in [-0.2, 0) is 0 Å². The molecule has 0 aromatic heterocycles. The molecule has 33 heavy (non-hydrogen) atoms. The summed E-state index contributed by atoms with van der Waals surface area (Å²) in [5.74, 6) is 1.01. The second-order valence-corrected chi connectivity index (χ2v) is 9.00. The Morgan fingerprint density at radius 1 is 1.00 bits per heavy atom. The molecule has 3 aliphatic rings. The Labute approximate surface area is 195 Å². The average Bonchev–Trinajstić information content (AvgIpc) is 2.87. The lowest BCUT2D eigenvalue weighted by Crippen LogP contribution is -2.56. The lowest BCUT2D eigenvalue weighted by Gasteiger charge is -2.46. The molecule has 0 N–H and O–H groups in total. The second-order valence-electron chi connectivity index (χ2n) is 9.00. The largest absolute Gasteiger partial charge is 0.492 e. The van der Waals surface area contributed by atoms with Gasteiger partial charge in [-0.25, -0.2) is 0 Å². The molecule has 1 atom stereocenters. The minimum absolute atomic E-state index is 0.0301. The maximum absolute atomic E-state index is 13.3. The SMILES string of the molecule is CCOc1ccccc1N1CCN(C(=O)c2ccc3c(c2)N(C)C2CCCCN2C3=O)CC1. The molecule has 0 bridgehead atoms. The van der Waals surface area contributed by atoms with Crippen LogP contribution in [0.5, 0.6) is 5.75 Å². The van der Waals surface area contributed by atoms with Crippen molar-refractivity contribution in [1.82, 2.24) is 9.80 Å². The zero-order valence-corrected chi connectivity index (χ0v) is 19.5. The van der Waals surface area contributed by atoms with Crippen molar-refractivity contribution in [2.24, 2.45) is 0 Å².